The number of aryl methyl sites for hydroxylation is 3. The average Bonchev–Trinajstić information content (AvgIpc) is 2.69. The summed E-state index contributed by atoms with van der Waals surface area (Å²) >= 11 is 0. The van der Waals surface area contributed by atoms with Crippen LogP contribution in [0.5, 0.6) is 0 Å². The lowest BCUT2D eigenvalue weighted by Crippen LogP contribution is -2.13. The average molecular weight is 357 g/mol. The van der Waals surface area contributed by atoms with Gasteiger partial charge in [0.15, 0.2) is 5.43 Å². The highest BCUT2D eigenvalue weighted by Gasteiger charge is 2.12. The Bertz CT molecular complexity index is 1140. The molecule has 4 rings (SSSR count). The van der Waals surface area contributed by atoms with Gasteiger partial charge in [-0.05, 0) is 42.7 Å². The third kappa shape index (κ3) is 3.54. The second-order valence-corrected chi connectivity index (χ2v) is 6.81. The third-order valence-corrected chi connectivity index (χ3v) is 4.89. The molecule has 0 amide bonds. The molecule has 0 bridgehead atoms. The van der Waals surface area contributed by atoms with Gasteiger partial charge in [-0.1, -0.05) is 60.2 Å². The molecule has 1 heterocycles. The van der Waals surface area contributed by atoms with Gasteiger partial charge in [0.05, 0.1) is 11.2 Å². The van der Waals surface area contributed by atoms with Crippen molar-refractivity contribution in [2.75, 3.05) is 0 Å². The Labute approximate surface area is 157 Å². The van der Waals surface area contributed by atoms with Gasteiger partial charge >= 0.3 is 0 Å². The van der Waals surface area contributed by atoms with E-state index in [1.807, 2.05) is 49.4 Å². The number of nitrogens with zero attached hydrogens (tertiary/aromatic N) is 1. The molecule has 0 aliphatic heterocycles. The van der Waals surface area contributed by atoms with Gasteiger partial charge in [-0.3, -0.25) is 4.79 Å². The van der Waals surface area contributed by atoms with Gasteiger partial charge < -0.3 is 4.57 Å². The van der Waals surface area contributed by atoms with Crippen molar-refractivity contribution in [1.29, 1.82) is 0 Å². The number of pyridine rings is 1. The molecule has 4 aromatic rings. The van der Waals surface area contributed by atoms with Crippen LogP contribution in [0.2, 0.25) is 0 Å². The first kappa shape index (κ1) is 17.2. The van der Waals surface area contributed by atoms with Gasteiger partial charge in [-0.15, -0.1) is 0 Å². The number of halogens is 1. The number of benzene rings is 3. The van der Waals surface area contributed by atoms with Crippen LogP contribution < -0.4 is 5.43 Å². The molecule has 0 fully saturated rings. The predicted octanol–water partition coefficient (Wildman–Crippen LogP) is 5.36. The molecular weight excluding hydrogens is 337 g/mol. The molecule has 1 aromatic heterocycles. The lowest BCUT2D eigenvalue weighted by molar-refractivity contribution is 0.628. The van der Waals surface area contributed by atoms with Crippen LogP contribution in [0.3, 0.4) is 0 Å². The highest BCUT2D eigenvalue weighted by Crippen LogP contribution is 2.24. The molecule has 3 heteroatoms. The van der Waals surface area contributed by atoms with Crippen molar-refractivity contribution in [3.8, 4) is 11.3 Å². The predicted molar refractivity (Wildman–Crippen MR) is 108 cm³/mol. The first-order chi connectivity index (χ1) is 13.1. The van der Waals surface area contributed by atoms with Crippen LogP contribution in [0.1, 0.15) is 11.1 Å². The minimum atomic E-state index is -0.391. The van der Waals surface area contributed by atoms with Crippen LogP contribution in [0.4, 0.5) is 4.39 Å². The van der Waals surface area contributed by atoms with E-state index in [9.17, 15) is 9.18 Å². The first-order valence-corrected chi connectivity index (χ1v) is 9.06. The topological polar surface area (TPSA) is 22.0 Å². The maximum absolute atomic E-state index is 13.7. The second kappa shape index (κ2) is 7.20. The molecule has 0 saturated heterocycles. The Morgan fingerprint density at radius 1 is 0.889 bits per heavy atom. The normalized spacial score (nSPS) is 11.0. The standard InChI is InChI=1S/C24H20FNO/c1-17-7-9-19(10-8-17)23-16-24(27)21-15-20(25)11-12-22(21)26(23)14-13-18-5-3-2-4-6-18/h2-12,15-16H,13-14H2,1H3. The van der Waals surface area contributed by atoms with Gasteiger partial charge in [-0.25, -0.2) is 4.39 Å². The van der Waals surface area contributed by atoms with Crippen molar-refractivity contribution >= 4 is 10.9 Å². The summed E-state index contributed by atoms with van der Waals surface area (Å²) in [6.07, 6.45) is 0.828. The molecule has 0 aliphatic rings. The van der Waals surface area contributed by atoms with Crippen LogP contribution in [0, 0.1) is 12.7 Å². The Balaban J connectivity index is 1.88. The Hall–Kier alpha value is -3.20. The Morgan fingerprint density at radius 2 is 1.63 bits per heavy atom. The van der Waals surface area contributed by atoms with Gasteiger partial charge in [0, 0.05) is 18.0 Å². The van der Waals surface area contributed by atoms with Gasteiger partial charge in [0.25, 0.3) is 0 Å². The number of aromatic nitrogens is 1. The second-order valence-electron chi connectivity index (χ2n) is 6.81. The number of hydrogen-bond acceptors (Lipinski definition) is 1. The minimum absolute atomic E-state index is 0.156. The highest BCUT2D eigenvalue weighted by molar-refractivity contribution is 5.82. The number of rotatable bonds is 4. The SMILES string of the molecule is Cc1ccc(-c2cc(=O)c3cc(F)ccc3n2CCc2ccccc2)cc1. The van der Waals surface area contributed by atoms with E-state index in [1.54, 1.807) is 12.1 Å². The number of fused-ring (bicyclic) bond motifs is 1. The molecular formula is C24H20FNO. The van der Waals surface area contributed by atoms with E-state index in [4.69, 9.17) is 0 Å². The largest absolute Gasteiger partial charge is 0.340 e. The fourth-order valence-electron chi connectivity index (χ4n) is 3.44. The Kier molecular flexibility index (Phi) is 4.59. The molecule has 0 N–H and O–H groups in total. The minimum Gasteiger partial charge on any atom is -0.340 e. The quantitative estimate of drug-likeness (QED) is 0.482. The third-order valence-electron chi connectivity index (χ3n) is 4.89. The van der Waals surface area contributed by atoms with E-state index < -0.39 is 5.82 Å². The zero-order valence-electron chi connectivity index (χ0n) is 15.2. The summed E-state index contributed by atoms with van der Waals surface area (Å²) < 4.78 is 15.8. The van der Waals surface area contributed by atoms with Crippen molar-refractivity contribution in [3.05, 3.63) is 106 Å². The van der Waals surface area contributed by atoms with Gasteiger partial charge in [0.1, 0.15) is 5.82 Å². The summed E-state index contributed by atoms with van der Waals surface area (Å²) in [6, 6.07) is 24.4. The Morgan fingerprint density at radius 3 is 2.37 bits per heavy atom. The molecule has 27 heavy (non-hydrogen) atoms. The summed E-state index contributed by atoms with van der Waals surface area (Å²) in [5.74, 6) is -0.391. The zero-order chi connectivity index (χ0) is 18.8. The van der Waals surface area contributed by atoms with E-state index in [-0.39, 0.29) is 5.43 Å². The molecule has 0 radical (unpaired) electrons. The molecule has 0 saturated carbocycles. The first-order valence-electron chi connectivity index (χ1n) is 9.06. The lowest BCUT2D eigenvalue weighted by atomic mass is 10.1. The molecule has 3 aromatic carbocycles. The summed E-state index contributed by atoms with van der Waals surface area (Å²) in [5, 5.41) is 0.416. The molecule has 0 aliphatic carbocycles. The summed E-state index contributed by atoms with van der Waals surface area (Å²) in [7, 11) is 0. The van der Waals surface area contributed by atoms with E-state index in [0.29, 0.717) is 11.9 Å². The van der Waals surface area contributed by atoms with Crippen LogP contribution in [-0.4, -0.2) is 4.57 Å². The fourth-order valence-corrected chi connectivity index (χ4v) is 3.44. The van der Waals surface area contributed by atoms with E-state index in [2.05, 4.69) is 16.7 Å². The molecule has 0 spiro atoms. The molecule has 134 valence electrons. The maximum atomic E-state index is 13.7. The van der Waals surface area contributed by atoms with Gasteiger partial charge in [-0.2, -0.15) is 0 Å². The number of hydrogen-bond donors (Lipinski definition) is 0. The van der Waals surface area contributed by atoms with Crippen LogP contribution >= 0.6 is 0 Å². The monoisotopic (exact) mass is 357 g/mol. The lowest BCUT2D eigenvalue weighted by Gasteiger charge is -2.17. The smallest absolute Gasteiger partial charge is 0.190 e. The molecule has 2 nitrogen and oxygen atoms in total. The summed E-state index contributed by atoms with van der Waals surface area (Å²) in [5.41, 5.74) is 4.83. The van der Waals surface area contributed by atoms with Crippen molar-refractivity contribution < 1.29 is 4.39 Å². The summed E-state index contributed by atoms with van der Waals surface area (Å²) in [6.45, 7) is 2.74. The van der Waals surface area contributed by atoms with E-state index in [0.717, 1.165) is 23.2 Å². The van der Waals surface area contributed by atoms with Crippen molar-refractivity contribution in [3.63, 3.8) is 0 Å². The molecule has 0 atom stereocenters. The van der Waals surface area contributed by atoms with Crippen molar-refractivity contribution in [1.82, 2.24) is 4.57 Å². The summed E-state index contributed by atoms with van der Waals surface area (Å²) in [4.78, 5) is 12.6. The van der Waals surface area contributed by atoms with Gasteiger partial charge in [0.2, 0.25) is 0 Å². The van der Waals surface area contributed by atoms with Crippen molar-refractivity contribution in [2.24, 2.45) is 0 Å². The van der Waals surface area contributed by atoms with Crippen LogP contribution in [0.15, 0.2) is 83.7 Å². The van der Waals surface area contributed by atoms with Crippen LogP contribution in [-0.2, 0) is 13.0 Å². The highest BCUT2D eigenvalue weighted by atomic mass is 19.1. The van der Waals surface area contributed by atoms with Crippen molar-refractivity contribution in [2.45, 2.75) is 19.9 Å². The van der Waals surface area contributed by atoms with E-state index in [1.165, 1.54) is 23.3 Å². The molecule has 0 unspecified atom stereocenters. The van der Waals surface area contributed by atoms with Crippen LogP contribution in [0.25, 0.3) is 22.2 Å². The fraction of sp³-hybridized carbons (Fsp3) is 0.125. The maximum Gasteiger partial charge on any atom is 0.190 e. The van der Waals surface area contributed by atoms with E-state index >= 15 is 0 Å². The zero-order valence-corrected chi connectivity index (χ0v) is 15.2.